The number of cyclic esters (lactones) is 1. The van der Waals surface area contributed by atoms with E-state index in [1.54, 1.807) is 0 Å². The van der Waals surface area contributed by atoms with Gasteiger partial charge in [0.15, 0.2) is 11.6 Å². The summed E-state index contributed by atoms with van der Waals surface area (Å²) >= 11 is 0. The lowest BCUT2D eigenvalue weighted by Gasteiger charge is -2.40. The highest BCUT2D eigenvalue weighted by molar-refractivity contribution is 5.79. The normalized spacial score (nSPS) is 27.8. The molecule has 158 valence electrons. The van der Waals surface area contributed by atoms with Crippen LogP contribution in [0, 0.1) is 23.5 Å². The summed E-state index contributed by atoms with van der Waals surface area (Å²) in [6.07, 6.45) is 2.07. The number of hydrogen-bond donors (Lipinski definition) is 1. The number of halogens is 2. The number of fused-ring (bicyclic) bond motifs is 1. The molecule has 3 atom stereocenters. The summed E-state index contributed by atoms with van der Waals surface area (Å²) in [5.74, 6) is -1.08. The quantitative estimate of drug-likeness (QED) is 0.832. The number of hydrogen-bond acceptors (Lipinski definition) is 4. The zero-order valence-corrected chi connectivity index (χ0v) is 16.7. The van der Waals surface area contributed by atoms with Crippen molar-refractivity contribution in [3.63, 3.8) is 0 Å². The summed E-state index contributed by atoms with van der Waals surface area (Å²) in [5, 5.41) is 2.70. The van der Waals surface area contributed by atoms with Crippen LogP contribution < -0.4 is 10.1 Å². The Kier molecular flexibility index (Phi) is 5.12. The first kappa shape index (κ1) is 19.9. The maximum Gasteiger partial charge on any atom is 0.407 e. The first-order valence-corrected chi connectivity index (χ1v) is 10.1. The first-order valence-electron chi connectivity index (χ1n) is 10.1. The number of piperidine rings is 1. The third-order valence-electron chi connectivity index (χ3n) is 6.43. The monoisotopic (exact) mass is 408 g/mol. The van der Waals surface area contributed by atoms with Gasteiger partial charge in [0, 0.05) is 43.0 Å². The molecule has 1 aromatic rings. The molecule has 4 rings (SSSR count). The molecule has 2 amide bonds. The average molecular weight is 408 g/mol. The van der Waals surface area contributed by atoms with Crippen molar-refractivity contribution < 1.29 is 27.8 Å². The first-order chi connectivity index (χ1) is 13.7. The smallest absolute Gasteiger partial charge is 0.407 e. The minimum Gasteiger partial charge on any atom is -0.484 e. The molecule has 3 aliphatic rings. The Bertz CT molecular complexity index is 825. The number of carbonyl (C=O) groups is 2. The van der Waals surface area contributed by atoms with Crippen molar-refractivity contribution in [1.29, 1.82) is 0 Å². The fourth-order valence-electron chi connectivity index (χ4n) is 4.84. The SMILES string of the molecule is C[C@@H](CC1COC(=O)N1)C(=O)N1CCC(C2(C)Cc3cc(F)cc(F)c3O2)CC1. The van der Waals surface area contributed by atoms with E-state index in [2.05, 4.69) is 5.32 Å². The van der Waals surface area contributed by atoms with Gasteiger partial charge in [0.1, 0.15) is 18.0 Å². The third-order valence-corrected chi connectivity index (χ3v) is 6.43. The molecule has 3 aliphatic heterocycles. The fourth-order valence-corrected chi connectivity index (χ4v) is 4.84. The Labute approximate surface area is 168 Å². The van der Waals surface area contributed by atoms with E-state index in [1.165, 1.54) is 6.07 Å². The average Bonchev–Trinajstić information content (AvgIpc) is 3.24. The van der Waals surface area contributed by atoms with Gasteiger partial charge >= 0.3 is 6.09 Å². The molecule has 3 heterocycles. The molecule has 29 heavy (non-hydrogen) atoms. The predicted molar refractivity (Wildman–Crippen MR) is 100 cm³/mol. The summed E-state index contributed by atoms with van der Waals surface area (Å²) in [7, 11) is 0. The second-order valence-corrected chi connectivity index (χ2v) is 8.64. The molecule has 0 bridgehead atoms. The molecule has 2 fully saturated rings. The fraction of sp³-hybridized carbons (Fsp3) is 0.619. The van der Waals surface area contributed by atoms with Crippen LogP contribution in [0.3, 0.4) is 0 Å². The van der Waals surface area contributed by atoms with E-state index in [9.17, 15) is 18.4 Å². The van der Waals surface area contributed by atoms with Crippen molar-refractivity contribution in [2.24, 2.45) is 11.8 Å². The van der Waals surface area contributed by atoms with Crippen LogP contribution in [-0.2, 0) is 16.0 Å². The van der Waals surface area contributed by atoms with E-state index in [0.29, 0.717) is 38.1 Å². The molecule has 0 spiro atoms. The maximum absolute atomic E-state index is 14.1. The van der Waals surface area contributed by atoms with Crippen LogP contribution in [0.4, 0.5) is 13.6 Å². The maximum atomic E-state index is 14.1. The Morgan fingerprint density at radius 2 is 2.07 bits per heavy atom. The van der Waals surface area contributed by atoms with E-state index in [1.807, 2.05) is 18.7 Å². The summed E-state index contributed by atoms with van der Waals surface area (Å²) in [4.78, 5) is 25.8. The molecule has 1 N–H and O–H groups in total. The van der Waals surface area contributed by atoms with Gasteiger partial charge in [-0.05, 0) is 32.3 Å². The van der Waals surface area contributed by atoms with Gasteiger partial charge in [-0.3, -0.25) is 4.79 Å². The molecular weight excluding hydrogens is 382 g/mol. The number of carbonyl (C=O) groups excluding carboxylic acids is 2. The number of alkyl carbamates (subject to hydrolysis) is 1. The molecule has 2 saturated heterocycles. The lowest BCUT2D eigenvalue weighted by atomic mass is 9.79. The van der Waals surface area contributed by atoms with Crippen LogP contribution in [0.2, 0.25) is 0 Å². The number of likely N-dealkylation sites (tertiary alicyclic amines) is 1. The number of rotatable bonds is 4. The lowest BCUT2D eigenvalue weighted by Crippen LogP contribution is -2.49. The van der Waals surface area contributed by atoms with Crippen molar-refractivity contribution in [2.45, 2.75) is 51.2 Å². The topological polar surface area (TPSA) is 67.9 Å². The van der Waals surface area contributed by atoms with Gasteiger partial charge in [0.25, 0.3) is 0 Å². The van der Waals surface area contributed by atoms with Gasteiger partial charge in [-0.1, -0.05) is 6.92 Å². The van der Waals surface area contributed by atoms with Gasteiger partial charge in [-0.2, -0.15) is 0 Å². The van der Waals surface area contributed by atoms with Crippen molar-refractivity contribution in [1.82, 2.24) is 10.2 Å². The number of nitrogens with zero attached hydrogens (tertiary/aromatic N) is 1. The lowest BCUT2D eigenvalue weighted by molar-refractivity contribution is -0.137. The molecule has 8 heteroatoms. The zero-order valence-electron chi connectivity index (χ0n) is 16.7. The summed E-state index contributed by atoms with van der Waals surface area (Å²) < 4.78 is 38.4. The highest BCUT2D eigenvalue weighted by atomic mass is 19.1. The molecule has 0 radical (unpaired) electrons. The van der Waals surface area contributed by atoms with Gasteiger partial charge in [0.05, 0.1) is 6.04 Å². The van der Waals surface area contributed by atoms with Crippen LogP contribution in [0.25, 0.3) is 0 Å². The Morgan fingerprint density at radius 3 is 2.72 bits per heavy atom. The van der Waals surface area contributed by atoms with Crippen LogP contribution in [-0.4, -0.2) is 48.2 Å². The molecule has 6 nitrogen and oxygen atoms in total. The van der Waals surface area contributed by atoms with Crippen LogP contribution >= 0.6 is 0 Å². The molecule has 1 aromatic carbocycles. The predicted octanol–water partition coefficient (Wildman–Crippen LogP) is 3.03. The Balaban J connectivity index is 1.33. The van der Waals surface area contributed by atoms with Crippen molar-refractivity contribution in [3.8, 4) is 5.75 Å². The third kappa shape index (κ3) is 3.89. The summed E-state index contributed by atoms with van der Waals surface area (Å²) in [5.41, 5.74) is -0.0265. The van der Waals surface area contributed by atoms with Gasteiger partial charge in [0.2, 0.25) is 5.91 Å². The van der Waals surface area contributed by atoms with Gasteiger partial charge < -0.3 is 19.7 Å². The Hall–Kier alpha value is -2.38. The molecule has 0 aliphatic carbocycles. The van der Waals surface area contributed by atoms with Crippen LogP contribution in [0.1, 0.15) is 38.7 Å². The summed E-state index contributed by atoms with van der Waals surface area (Å²) in [6.45, 7) is 5.32. The highest BCUT2D eigenvalue weighted by Crippen LogP contribution is 2.44. The minimum absolute atomic E-state index is 0.0680. The molecule has 0 saturated carbocycles. The van der Waals surface area contributed by atoms with Gasteiger partial charge in [-0.15, -0.1) is 0 Å². The van der Waals surface area contributed by atoms with Gasteiger partial charge in [-0.25, -0.2) is 13.6 Å². The second kappa shape index (κ2) is 7.46. The molecule has 2 unspecified atom stereocenters. The van der Waals surface area contributed by atoms with E-state index >= 15 is 0 Å². The van der Waals surface area contributed by atoms with Crippen molar-refractivity contribution in [3.05, 3.63) is 29.3 Å². The second-order valence-electron chi connectivity index (χ2n) is 8.64. The van der Waals surface area contributed by atoms with E-state index < -0.39 is 23.3 Å². The Morgan fingerprint density at radius 1 is 1.34 bits per heavy atom. The number of amides is 2. The van der Waals surface area contributed by atoms with Crippen LogP contribution in [0.15, 0.2) is 12.1 Å². The molecular formula is C21H26F2N2O4. The standard InChI is InChI=1S/C21H26F2N2O4/c1-12(7-16-11-28-20(27)24-16)19(26)25-5-3-14(4-6-25)21(2)10-13-8-15(22)9-17(23)18(13)29-21/h8-9,12,14,16H,3-7,10-11H2,1-2H3,(H,24,27)/t12-,16?,21?/m0/s1. The minimum atomic E-state index is -0.659. The number of benzene rings is 1. The number of nitrogens with one attached hydrogen (secondary N) is 1. The largest absolute Gasteiger partial charge is 0.484 e. The molecule has 0 aromatic heterocycles. The van der Waals surface area contributed by atoms with E-state index in [0.717, 1.165) is 18.9 Å². The highest BCUT2D eigenvalue weighted by Gasteiger charge is 2.45. The number of ether oxygens (including phenoxy) is 2. The van der Waals surface area contributed by atoms with Crippen molar-refractivity contribution in [2.75, 3.05) is 19.7 Å². The zero-order chi connectivity index (χ0) is 20.8. The van der Waals surface area contributed by atoms with E-state index in [4.69, 9.17) is 9.47 Å². The van der Waals surface area contributed by atoms with Crippen molar-refractivity contribution >= 4 is 12.0 Å². The van der Waals surface area contributed by atoms with E-state index in [-0.39, 0.29) is 29.5 Å². The summed E-state index contributed by atoms with van der Waals surface area (Å²) in [6, 6.07) is 2.07. The van der Waals surface area contributed by atoms with Crippen LogP contribution in [0.5, 0.6) is 5.75 Å².